The third-order valence-electron chi connectivity index (χ3n) is 9.38. The number of hydrogen-bond acceptors (Lipinski definition) is 3. The third-order valence-corrected chi connectivity index (χ3v) is 26.4. The van der Waals surface area contributed by atoms with E-state index in [4.69, 9.17) is 3.07 Å². The Balaban J connectivity index is 0.00000306. The van der Waals surface area contributed by atoms with Crippen molar-refractivity contribution in [3.63, 3.8) is 0 Å². The van der Waals surface area contributed by atoms with Crippen molar-refractivity contribution in [3.05, 3.63) is 12.2 Å². The van der Waals surface area contributed by atoms with Crippen LogP contribution in [-0.2, 0) is 7.87 Å². The number of nitrogens with zero attached hydrogens (tertiary/aromatic N) is 1. The van der Waals surface area contributed by atoms with Crippen molar-refractivity contribution in [1.82, 2.24) is 3.12 Å². The Kier molecular flexibility index (Phi) is 12.4. The summed E-state index contributed by atoms with van der Waals surface area (Å²) in [4.78, 5) is 12.6. The quantitative estimate of drug-likeness (QED) is 0.246. The summed E-state index contributed by atoms with van der Waals surface area (Å²) in [5, 5.41) is 0. The first kappa shape index (κ1) is 28.3. The van der Waals surface area contributed by atoms with E-state index < -0.39 is 18.7 Å². The molecule has 0 amide bonds. The molecule has 0 aromatic heterocycles. The fourth-order valence-electron chi connectivity index (χ4n) is 7.78. The van der Waals surface area contributed by atoms with Crippen LogP contribution in [0.4, 0.5) is 0 Å². The first-order valence-electron chi connectivity index (χ1n) is 14.0. The van der Waals surface area contributed by atoms with Crippen LogP contribution in [0.2, 0.25) is 13.3 Å². The van der Waals surface area contributed by atoms with Crippen molar-refractivity contribution in [1.29, 1.82) is 0 Å². The van der Waals surface area contributed by atoms with Gasteiger partial charge in [0.15, 0.2) is 0 Å². The fraction of sp³-hybridized carbons (Fsp3) is 0.889. The van der Waals surface area contributed by atoms with E-state index in [2.05, 4.69) is 15.3 Å². The van der Waals surface area contributed by atoms with E-state index in [0.29, 0.717) is 22.9 Å². The molecule has 0 aromatic rings. The van der Waals surface area contributed by atoms with E-state index in [-0.39, 0.29) is 17.4 Å². The molecule has 4 rings (SSSR count). The molecule has 6 heteroatoms. The summed E-state index contributed by atoms with van der Waals surface area (Å²) in [6.45, 7) is 2.12. The number of hydrogen-bond donors (Lipinski definition) is 0. The summed E-state index contributed by atoms with van der Waals surface area (Å²) < 4.78 is 13.1. The molecule has 4 aliphatic rings. The molecule has 1 heterocycles. The van der Waals surface area contributed by atoms with Gasteiger partial charge in [0, 0.05) is 0 Å². The van der Waals surface area contributed by atoms with Gasteiger partial charge in [0.05, 0.1) is 0 Å². The second kappa shape index (κ2) is 14.5. The molecule has 3 saturated carbocycles. The molecule has 0 bridgehead atoms. The van der Waals surface area contributed by atoms with E-state index in [9.17, 15) is 4.79 Å². The Morgan fingerprint density at radius 2 is 1.21 bits per heavy atom. The SMILES string of the molecule is O.O=C([O][SnH])C1C=CC[N]([Sn]([CH2]C2CCCCC2)([CH2]C2CCCCC2)[CH2]C2CCCCC2)C1. The van der Waals surface area contributed by atoms with Crippen molar-refractivity contribution in [2.75, 3.05) is 13.1 Å². The van der Waals surface area contributed by atoms with Crippen LogP contribution in [0.5, 0.6) is 0 Å². The monoisotopic (exact) mass is 675 g/mol. The van der Waals surface area contributed by atoms with E-state index in [1.807, 2.05) is 0 Å². The van der Waals surface area contributed by atoms with Gasteiger partial charge in [-0.25, -0.2) is 0 Å². The topological polar surface area (TPSA) is 61.0 Å². The van der Waals surface area contributed by atoms with Gasteiger partial charge < -0.3 is 5.48 Å². The van der Waals surface area contributed by atoms with Gasteiger partial charge in [-0.1, -0.05) is 0 Å². The zero-order valence-corrected chi connectivity index (χ0v) is 27.1. The first-order valence-corrected chi connectivity index (χ1v) is 22.7. The molecule has 0 saturated heterocycles. The summed E-state index contributed by atoms with van der Waals surface area (Å²) in [6, 6.07) is 0. The number of rotatable bonds is 8. The van der Waals surface area contributed by atoms with Crippen LogP contribution in [-0.4, -0.2) is 69.2 Å². The van der Waals surface area contributed by atoms with Crippen molar-refractivity contribution in [2.45, 2.75) is 110 Å². The van der Waals surface area contributed by atoms with Crippen LogP contribution in [0, 0.1) is 23.7 Å². The van der Waals surface area contributed by atoms with Crippen molar-refractivity contribution >= 4 is 47.6 Å². The molecule has 188 valence electrons. The van der Waals surface area contributed by atoms with Gasteiger partial charge in [-0.05, 0) is 0 Å². The van der Waals surface area contributed by atoms with Crippen LogP contribution in [0.15, 0.2) is 12.2 Å². The standard InChI is InChI=1S/3C7H13.C6H8NO2.H2O.2Sn.H/c3*1-7-5-3-2-4-6-7;8-6(9)5-2-1-3-7-4-5;;;;/h3*7H,1-6H2;1-2,5H,3-4H2,(H,8,9);1H2;;;/q;;;-1;;2*+1;/p-1. The molecule has 1 unspecified atom stereocenters. The van der Waals surface area contributed by atoms with E-state index in [0.717, 1.165) is 30.8 Å². The molecule has 2 radical (unpaired) electrons. The summed E-state index contributed by atoms with van der Waals surface area (Å²) >= 11 is -2.09. The third kappa shape index (κ3) is 8.11. The second-order valence-corrected chi connectivity index (χ2v) is 24.7. The molecule has 0 spiro atoms. The minimum atomic E-state index is -2.68. The average Bonchev–Trinajstić information content (AvgIpc) is 2.85. The van der Waals surface area contributed by atoms with E-state index >= 15 is 0 Å². The molecule has 2 N–H and O–H groups in total. The molecule has 1 atom stereocenters. The molecule has 1 aliphatic heterocycles. The van der Waals surface area contributed by atoms with Crippen molar-refractivity contribution in [3.8, 4) is 0 Å². The van der Waals surface area contributed by atoms with Crippen LogP contribution >= 0.6 is 0 Å². The van der Waals surface area contributed by atoms with Crippen LogP contribution in [0.25, 0.3) is 0 Å². The van der Waals surface area contributed by atoms with E-state index in [1.54, 1.807) is 13.3 Å². The Labute approximate surface area is 221 Å². The first-order chi connectivity index (χ1) is 15.7. The second-order valence-electron chi connectivity index (χ2n) is 11.7. The average molecular weight is 673 g/mol. The van der Waals surface area contributed by atoms with Crippen LogP contribution < -0.4 is 0 Å². The van der Waals surface area contributed by atoms with Crippen LogP contribution in [0.1, 0.15) is 96.3 Å². The maximum absolute atomic E-state index is 12.6. The molecule has 3 fully saturated rings. The van der Waals surface area contributed by atoms with Gasteiger partial charge in [-0.3, -0.25) is 0 Å². The number of carbonyl (C=O) groups is 1. The minimum absolute atomic E-state index is 0. The van der Waals surface area contributed by atoms with Gasteiger partial charge in [0.25, 0.3) is 0 Å². The normalized spacial score (nSPS) is 26.6. The maximum atomic E-state index is 12.6. The molecule has 3 aliphatic carbocycles. The predicted molar refractivity (Wildman–Crippen MR) is 141 cm³/mol. The summed E-state index contributed by atoms with van der Waals surface area (Å²) in [5.74, 6) is 3.00. The van der Waals surface area contributed by atoms with Crippen molar-refractivity contribution in [2.24, 2.45) is 23.7 Å². The molecule has 33 heavy (non-hydrogen) atoms. The zero-order valence-electron chi connectivity index (χ0n) is 20.9. The molecule has 4 nitrogen and oxygen atoms in total. The van der Waals surface area contributed by atoms with Gasteiger partial charge in [0.1, 0.15) is 0 Å². The summed E-state index contributed by atoms with van der Waals surface area (Å²) in [6.07, 6.45) is 26.6. The Morgan fingerprint density at radius 1 is 0.788 bits per heavy atom. The Hall–Kier alpha value is 0.727. The fourth-order valence-corrected chi connectivity index (χ4v) is 27.7. The Morgan fingerprint density at radius 3 is 1.61 bits per heavy atom. The molecular formula is C27H49NO3Sn2. The van der Waals surface area contributed by atoms with Gasteiger partial charge >= 0.3 is 217 Å². The van der Waals surface area contributed by atoms with Gasteiger partial charge in [-0.2, -0.15) is 0 Å². The summed E-state index contributed by atoms with van der Waals surface area (Å²) in [7, 11) is 0. The van der Waals surface area contributed by atoms with Crippen molar-refractivity contribution < 1.29 is 13.3 Å². The Bertz CT molecular complexity index is 560. The van der Waals surface area contributed by atoms with E-state index in [1.165, 1.54) is 96.3 Å². The molecule has 0 aromatic carbocycles. The molecular weight excluding hydrogens is 624 g/mol. The van der Waals surface area contributed by atoms with Gasteiger partial charge in [-0.15, -0.1) is 0 Å². The summed E-state index contributed by atoms with van der Waals surface area (Å²) in [5.41, 5.74) is 0. The number of carbonyl (C=O) groups excluding carboxylic acids is 1. The van der Waals surface area contributed by atoms with Gasteiger partial charge in [0.2, 0.25) is 0 Å². The van der Waals surface area contributed by atoms with Crippen LogP contribution in [0.3, 0.4) is 0 Å². The zero-order chi connectivity index (χ0) is 22.2. The predicted octanol–water partition coefficient (Wildman–Crippen LogP) is 5.70.